The van der Waals surface area contributed by atoms with Gasteiger partial charge in [-0.05, 0) is 32.9 Å². The van der Waals surface area contributed by atoms with Gasteiger partial charge in [0.25, 0.3) is 0 Å². The van der Waals surface area contributed by atoms with Gasteiger partial charge in [-0.2, -0.15) is 5.26 Å². The molecule has 0 heterocycles. The van der Waals surface area contributed by atoms with Crippen LogP contribution >= 0.6 is 15.9 Å². The lowest BCUT2D eigenvalue weighted by Gasteiger charge is -2.31. The van der Waals surface area contributed by atoms with Crippen molar-refractivity contribution in [3.05, 3.63) is 28.2 Å². The minimum absolute atomic E-state index is 0.283. The van der Waals surface area contributed by atoms with Crippen LogP contribution in [0, 0.1) is 11.3 Å². The zero-order valence-electron chi connectivity index (χ0n) is 11.0. The van der Waals surface area contributed by atoms with Gasteiger partial charge in [-0.3, -0.25) is 0 Å². The van der Waals surface area contributed by atoms with E-state index in [1.807, 2.05) is 18.2 Å². The summed E-state index contributed by atoms with van der Waals surface area (Å²) < 4.78 is 0.976. The summed E-state index contributed by atoms with van der Waals surface area (Å²) in [6, 6.07) is 8.30. The van der Waals surface area contributed by atoms with Gasteiger partial charge in [0.05, 0.1) is 18.6 Å². The van der Waals surface area contributed by atoms with Gasteiger partial charge in [0.1, 0.15) is 0 Å². The first-order valence-electron chi connectivity index (χ1n) is 6.08. The van der Waals surface area contributed by atoms with E-state index in [2.05, 4.69) is 40.7 Å². The molecular weight excluding hydrogens is 292 g/mol. The quantitative estimate of drug-likeness (QED) is 0.903. The van der Waals surface area contributed by atoms with Crippen molar-refractivity contribution in [1.82, 2.24) is 0 Å². The van der Waals surface area contributed by atoms with Crippen LogP contribution in [0.1, 0.15) is 38.9 Å². The maximum Gasteiger partial charge on any atom is 0.0782 e. The Morgan fingerprint density at radius 1 is 1.39 bits per heavy atom. The summed E-state index contributed by atoms with van der Waals surface area (Å²) in [7, 11) is 0. The van der Waals surface area contributed by atoms with E-state index in [0.717, 1.165) is 15.7 Å². The summed E-state index contributed by atoms with van der Waals surface area (Å²) in [5.41, 5.74) is 1.88. The first-order valence-corrected chi connectivity index (χ1v) is 6.87. The highest BCUT2D eigenvalue weighted by Crippen LogP contribution is 2.31. The lowest BCUT2D eigenvalue weighted by molar-refractivity contribution is 0.199. The van der Waals surface area contributed by atoms with Crippen molar-refractivity contribution >= 4 is 21.6 Å². The lowest BCUT2D eigenvalue weighted by atomic mass is 10.1. The summed E-state index contributed by atoms with van der Waals surface area (Å²) >= 11 is 3.46. The number of aliphatic hydroxyl groups is 1. The predicted octanol–water partition coefficient (Wildman–Crippen LogP) is 3.63. The van der Waals surface area contributed by atoms with Crippen molar-refractivity contribution in [2.45, 2.75) is 39.3 Å². The molecule has 0 aromatic heterocycles. The summed E-state index contributed by atoms with van der Waals surface area (Å²) in [5, 5.41) is 18.6. The Labute approximate surface area is 117 Å². The Kier molecular flexibility index (Phi) is 5.64. The van der Waals surface area contributed by atoms with Crippen LogP contribution in [-0.2, 0) is 0 Å². The normalized spacial score (nSPS) is 12.3. The lowest BCUT2D eigenvalue weighted by Crippen LogP contribution is -2.32. The fourth-order valence-electron chi connectivity index (χ4n) is 1.95. The molecule has 0 aliphatic rings. The van der Waals surface area contributed by atoms with Gasteiger partial charge in [-0.25, -0.2) is 0 Å². The molecule has 1 unspecified atom stereocenters. The minimum atomic E-state index is -0.517. The van der Waals surface area contributed by atoms with Gasteiger partial charge in [-0.1, -0.05) is 22.0 Å². The third kappa shape index (κ3) is 3.72. The average molecular weight is 311 g/mol. The molecule has 0 saturated carbocycles. The second kappa shape index (κ2) is 6.77. The highest BCUT2D eigenvalue weighted by Gasteiger charge is 2.17. The maximum atomic E-state index is 9.84. The zero-order valence-corrected chi connectivity index (χ0v) is 12.6. The zero-order chi connectivity index (χ0) is 13.7. The van der Waals surface area contributed by atoms with Crippen molar-refractivity contribution in [2.75, 3.05) is 11.4 Å². The molecule has 18 heavy (non-hydrogen) atoms. The molecule has 0 aliphatic carbocycles. The fraction of sp³-hybridized carbons (Fsp3) is 0.500. The molecule has 1 rings (SSSR count). The molecule has 1 atom stereocenters. The summed E-state index contributed by atoms with van der Waals surface area (Å²) in [4.78, 5) is 2.15. The molecule has 1 aromatic carbocycles. The second-order valence-electron chi connectivity index (χ2n) is 4.57. The third-order valence-corrected chi connectivity index (χ3v) is 3.33. The topological polar surface area (TPSA) is 47.3 Å². The third-order valence-electron chi connectivity index (χ3n) is 2.84. The van der Waals surface area contributed by atoms with Crippen LogP contribution in [0.5, 0.6) is 0 Å². The van der Waals surface area contributed by atoms with Crippen LogP contribution in [0.15, 0.2) is 22.7 Å². The number of rotatable bonds is 5. The largest absolute Gasteiger partial charge is 0.389 e. The fourth-order valence-corrected chi connectivity index (χ4v) is 2.30. The van der Waals surface area contributed by atoms with Crippen LogP contribution in [0.4, 0.5) is 5.69 Å². The highest BCUT2D eigenvalue weighted by atomic mass is 79.9. The van der Waals surface area contributed by atoms with Crippen molar-refractivity contribution in [2.24, 2.45) is 0 Å². The van der Waals surface area contributed by atoms with E-state index < -0.39 is 6.10 Å². The Morgan fingerprint density at radius 3 is 2.56 bits per heavy atom. The minimum Gasteiger partial charge on any atom is -0.389 e. The molecule has 0 amide bonds. The molecule has 1 N–H and O–H groups in total. The van der Waals surface area contributed by atoms with Gasteiger partial charge >= 0.3 is 0 Å². The highest BCUT2D eigenvalue weighted by molar-refractivity contribution is 9.10. The van der Waals surface area contributed by atoms with Crippen molar-refractivity contribution in [3.8, 4) is 6.07 Å². The monoisotopic (exact) mass is 310 g/mol. The van der Waals surface area contributed by atoms with Gasteiger partial charge in [-0.15, -0.1) is 0 Å². The molecule has 1 aromatic rings. The first kappa shape index (κ1) is 15.0. The Morgan fingerprint density at radius 2 is 2.06 bits per heavy atom. The maximum absolute atomic E-state index is 9.84. The average Bonchev–Trinajstić information content (AvgIpc) is 2.28. The first-order chi connectivity index (χ1) is 8.47. The molecule has 0 fully saturated rings. The van der Waals surface area contributed by atoms with E-state index in [-0.39, 0.29) is 6.04 Å². The summed E-state index contributed by atoms with van der Waals surface area (Å²) in [5.74, 6) is 0. The smallest absolute Gasteiger partial charge is 0.0782 e. The van der Waals surface area contributed by atoms with Crippen molar-refractivity contribution in [3.63, 3.8) is 0 Å². The Hall–Kier alpha value is -1.05. The molecule has 98 valence electrons. The van der Waals surface area contributed by atoms with Crippen LogP contribution in [0.25, 0.3) is 0 Å². The molecule has 0 saturated heterocycles. The summed E-state index contributed by atoms with van der Waals surface area (Å²) in [6.45, 7) is 6.61. The Bertz CT molecular complexity index is 438. The van der Waals surface area contributed by atoms with Crippen LogP contribution in [0.2, 0.25) is 0 Å². The number of anilines is 1. The SMILES string of the molecule is CC(O)c1ccc(Br)cc1N(CCC#N)C(C)C. The van der Waals surface area contributed by atoms with E-state index in [9.17, 15) is 5.11 Å². The standard InChI is InChI=1S/C14H19BrN2O/c1-10(2)17(8-4-7-16)14-9-12(15)5-6-13(14)11(3)18/h5-6,9-11,18H,4,8H2,1-3H3. The predicted molar refractivity (Wildman–Crippen MR) is 77.5 cm³/mol. The molecule has 0 aliphatic heterocycles. The number of aliphatic hydroxyl groups excluding tert-OH is 1. The van der Waals surface area contributed by atoms with Crippen LogP contribution in [0.3, 0.4) is 0 Å². The Balaban J connectivity index is 3.17. The van der Waals surface area contributed by atoms with E-state index in [1.54, 1.807) is 6.92 Å². The number of nitriles is 1. The second-order valence-corrected chi connectivity index (χ2v) is 5.49. The number of hydrogen-bond donors (Lipinski definition) is 1. The number of benzene rings is 1. The molecular formula is C14H19BrN2O. The summed E-state index contributed by atoms with van der Waals surface area (Å²) in [6.07, 6.45) is -0.0411. The van der Waals surface area contributed by atoms with Gasteiger partial charge in [0.15, 0.2) is 0 Å². The van der Waals surface area contributed by atoms with E-state index in [0.29, 0.717) is 13.0 Å². The molecule has 0 radical (unpaired) electrons. The van der Waals surface area contributed by atoms with E-state index in [4.69, 9.17) is 5.26 Å². The van der Waals surface area contributed by atoms with Crippen LogP contribution in [-0.4, -0.2) is 17.7 Å². The molecule has 0 spiro atoms. The molecule has 3 nitrogen and oxygen atoms in total. The van der Waals surface area contributed by atoms with Crippen molar-refractivity contribution < 1.29 is 5.11 Å². The van der Waals surface area contributed by atoms with E-state index >= 15 is 0 Å². The van der Waals surface area contributed by atoms with Crippen LogP contribution < -0.4 is 4.90 Å². The van der Waals surface area contributed by atoms with E-state index in [1.165, 1.54) is 0 Å². The molecule has 4 heteroatoms. The van der Waals surface area contributed by atoms with Gasteiger partial charge < -0.3 is 10.0 Å². The van der Waals surface area contributed by atoms with Gasteiger partial charge in [0.2, 0.25) is 0 Å². The number of halogens is 1. The molecule has 0 bridgehead atoms. The number of nitrogens with zero attached hydrogens (tertiary/aromatic N) is 2. The van der Waals surface area contributed by atoms with Gasteiger partial charge in [0, 0.05) is 28.3 Å². The number of hydrogen-bond acceptors (Lipinski definition) is 3. The van der Waals surface area contributed by atoms with Crippen molar-refractivity contribution in [1.29, 1.82) is 5.26 Å².